The molecule has 3 heterocycles. The highest BCUT2D eigenvalue weighted by Crippen LogP contribution is 2.41. The summed E-state index contributed by atoms with van der Waals surface area (Å²) < 4.78 is 43.2. The smallest absolute Gasteiger partial charge is 0.369 e. The zero-order valence-electron chi connectivity index (χ0n) is 22.1. The van der Waals surface area contributed by atoms with E-state index < -0.39 is 44.1 Å². The van der Waals surface area contributed by atoms with Gasteiger partial charge < -0.3 is 15.5 Å². The number of amides is 1. The third-order valence-electron chi connectivity index (χ3n) is 7.44. The molecule has 1 amide bonds. The minimum atomic E-state index is -4.62. The van der Waals surface area contributed by atoms with Gasteiger partial charge in [0.15, 0.2) is 0 Å². The van der Waals surface area contributed by atoms with E-state index in [2.05, 4.69) is 32.6 Å². The van der Waals surface area contributed by atoms with Crippen molar-refractivity contribution in [2.75, 3.05) is 19.6 Å². The van der Waals surface area contributed by atoms with E-state index >= 15 is 0 Å². The summed E-state index contributed by atoms with van der Waals surface area (Å²) in [6, 6.07) is 7.01. The number of rotatable bonds is 5. The number of pyridine rings is 1. The Morgan fingerprint density at radius 1 is 1.26 bits per heavy atom. The molecule has 10 heteroatoms. The quantitative estimate of drug-likeness (QED) is 0.449. The second-order valence-electron chi connectivity index (χ2n) is 10.5. The van der Waals surface area contributed by atoms with E-state index in [0.29, 0.717) is 23.1 Å². The number of nitrogens with zero attached hydrogens (tertiary/aromatic N) is 3. The lowest BCUT2D eigenvalue weighted by atomic mass is 10.00. The third-order valence-corrected chi connectivity index (χ3v) is 10.1. The number of aromatic nitrogens is 1. The Morgan fingerprint density at radius 3 is 2.72 bits per heavy atom. The first kappa shape index (κ1) is 27.8. The van der Waals surface area contributed by atoms with Crippen LogP contribution in [0.15, 0.2) is 33.9 Å². The second-order valence-corrected chi connectivity index (χ2v) is 12.8. The zero-order valence-corrected chi connectivity index (χ0v) is 24.3. The van der Waals surface area contributed by atoms with Crippen molar-refractivity contribution in [2.24, 2.45) is 0 Å². The number of aryl methyl sites for hydroxylation is 1. The van der Waals surface area contributed by atoms with Crippen LogP contribution in [0.5, 0.6) is 0 Å². The standard InChI is InChI=1S/C29H31F3IN5O/c1-16-8-10-38(11-9-35-16)27-22-12-17(2)36-26(19-4-5-19)25(22)33-14-23(27)28(39)37-18(3)20-6-7-24(29(30,31)32)21(13-20)15-34/h6-7,12-14,16,18-19,35H,4-5,8-11H2,1-3H3,(H,37,39)/t16-,18-/m0/s1. The normalized spacial score (nSPS) is 20.4. The predicted octanol–water partition coefficient (Wildman–Crippen LogP) is 4.95. The van der Waals surface area contributed by atoms with Crippen molar-refractivity contribution in [2.45, 2.75) is 64.2 Å². The lowest BCUT2D eigenvalue weighted by Gasteiger charge is -2.29. The van der Waals surface area contributed by atoms with Crippen LogP contribution in [-0.4, -0.2) is 41.5 Å². The molecule has 2 atom stereocenters. The first-order valence-electron chi connectivity index (χ1n) is 13.2. The molecule has 6 nitrogen and oxygen atoms in total. The molecule has 2 fully saturated rings. The fourth-order valence-corrected chi connectivity index (χ4v) is 7.99. The summed E-state index contributed by atoms with van der Waals surface area (Å²) in [5.74, 6) is 0.247. The average molecular weight is 649 g/mol. The Labute approximate surface area is 235 Å². The second kappa shape index (κ2) is 11.0. The number of hydrogen-bond donors (Lipinski definition) is 2. The summed E-state index contributed by atoms with van der Waals surface area (Å²) in [6.45, 7) is 8.28. The van der Waals surface area contributed by atoms with Crippen LogP contribution in [0.2, 0.25) is 0 Å². The molecular formula is C29H31F3IN5O. The van der Waals surface area contributed by atoms with Crippen LogP contribution in [0.4, 0.5) is 13.2 Å². The van der Waals surface area contributed by atoms with E-state index in [1.807, 2.05) is 6.92 Å². The zero-order chi connectivity index (χ0) is 27.9. The van der Waals surface area contributed by atoms with Crippen molar-refractivity contribution in [3.63, 3.8) is 0 Å². The topological polar surface area (TPSA) is 81.0 Å². The van der Waals surface area contributed by atoms with Gasteiger partial charge in [-0.05, 0) is 67.9 Å². The molecule has 0 unspecified atom stereocenters. The molecular weight excluding hydrogens is 618 g/mol. The molecule has 206 valence electrons. The van der Waals surface area contributed by atoms with Gasteiger partial charge in [0.2, 0.25) is 0 Å². The molecule has 1 aliphatic carbocycles. The van der Waals surface area contributed by atoms with Crippen LogP contribution in [0, 0.1) is 21.4 Å². The Morgan fingerprint density at radius 2 is 2.03 bits per heavy atom. The van der Waals surface area contributed by atoms with Gasteiger partial charge in [0.1, 0.15) is 0 Å². The van der Waals surface area contributed by atoms with Gasteiger partial charge in [0, 0.05) is 45.7 Å². The van der Waals surface area contributed by atoms with Gasteiger partial charge >= 0.3 is 6.18 Å². The minimum absolute atomic E-state index is 0.256. The first-order valence-corrected chi connectivity index (χ1v) is 15.5. The number of nitrogens with one attached hydrogen (secondary N) is 2. The summed E-state index contributed by atoms with van der Waals surface area (Å²) in [5.41, 5.74) is 2.71. The van der Waals surface area contributed by atoms with Crippen molar-refractivity contribution < 1.29 is 18.0 Å². The van der Waals surface area contributed by atoms with Gasteiger partial charge in [-0.15, -0.1) is 0 Å². The summed E-state index contributed by atoms with van der Waals surface area (Å²) >= 11 is -0.596. The maximum Gasteiger partial charge on any atom is 0.417 e. The van der Waals surface area contributed by atoms with Crippen molar-refractivity contribution in [1.82, 2.24) is 20.5 Å². The molecule has 3 aliphatic rings. The van der Waals surface area contributed by atoms with Crippen molar-refractivity contribution in [3.05, 3.63) is 70.4 Å². The van der Waals surface area contributed by atoms with Crippen molar-refractivity contribution in [1.29, 1.82) is 5.26 Å². The van der Waals surface area contributed by atoms with Gasteiger partial charge in [-0.2, -0.15) is 18.4 Å². The molecule has 1 saturated heterocycles. The van der Waals surface area contributed by atoms with Crippen LogP contribution in [0.1, 0.15) is 73.1 Å². The fraction of sp³-hybridized carbons (Fsp3) is 0.448. The Hall–Kier alpha value is -2.78. The van der Waals surface area contributed by atoms with Gasteiger partial charge in [-0.3, -0.25) is 9.78 Å². The molecule has 2 N–H and O–H groups in total. The number of carbonyl (C=O) groups excluding carboxylic acids is 1. The summed E-state index contributed by atoms with van der Waals surface area (Å²) in [7, 11) is 0. The molecule has 1 aromatic carbocycles. The van der Waals surface area contributed by atoms with Gasteiger partial charge in [-0.1, -0.05) is 26.8 Å². The molecule has 1 aromatic heterocycles. The van der Waals surface area contributed by atoms with E-state index in [4.69, 9.17) is 4.98 Å². The van der Waals surface area contributed by atoms with Crippen LogP contribution in [-0.2, 0) is 11.0 Å². The number of benzene rings is 1. The molecule has 5 rings (SSSR count). The van der Waals surface area contributed by atoms with Crippen LogP contribution in [0.25, 0.3) is 5.70 Å². The number of carbonyl (C=O) groups is 1. The molecule has 39 heavy (non-hydrogen) atoms. The number of halogens is 4. The molecule has 2 aliphatic heterocycles. The third kappa shape index (κ3) is 5.89. The summed E-state index contributed by atoms with van der Waals surface area (Å²) in [6.07, 6.45) is -1.37. The van der Waals surface area contributed by atoms with Crippen molar-refractivity contribution >= 4 is 32.3 Å². The Balaban J connectivity index is 1.52. The van der Waals surface area contributed by atoms with Crippen LogP contribution in [0.3, 0.4) is 0 Å². The fourth-order valence-electron chi connectivity index (χ4n) is 5.16. The lowest BCUT2D eigenvalue weighted by Crippen LogP contribution is -2.38. The van der Waals surface area contributed by atoms with Crippen LogP contribution < -0.4 is 15.9 Å². The highest BCUT2D eigenvalue weighted by atomic mass is 127. The lowest BCUT2D eigenvalue weighted by molar-refractivity contribution is -0.137. The minimum Gasteiger partial charge on any atom is -0.369 e. The molecule has 2 aromatic rings. The Bertz CT molecular complexity index is 1510. The molecule has 1 saturated carbocycles. The molecule has 0 spiro atoms. The largest absolute Gasteiger partial charge is 0.417 e. The van der Waals surface area contributed by atoms with E-state index in [9.17, 15) is 23.2 Å². The van der Waals surface area contributed by atoms with E-state index in [-0.39, 0.29) is 5.91 Å². The van der Waals surface area contributed by atoms with Gasteiger partial charge in [0.25, 0.3) is 5.91 Å². The van der Waals surface area contributed by atoms with E-state index in [0.717, 1.165) is 61.6 Å². The molecule has 0 radical (unpaired) electrons. The summed E-state index contributed by atoms with van der Waals surface area (Å²) in [4.78, 5) is 21.0. The first-order chi connectivity index (χ1) is 18.6. The highest BCUT2D eigenvalue weighted by Gasteiger charge is 2.34. The maximum absolute atomic E-state index is 13.8. The van der Waals surface area contributed by atoms with Gasteiger partial charge in [-0.25, -0.2) is 0 Å². The summed E-state index contributed by atoms with van der Waals surface area (Å²) in [5, 5.41) is 16.9. The van der Waals surface area contributed by atoms with Gasteiger partial charge in [0.05, 0.1) is 40.2 Å². The average Bonchev–Trinajstić information content (AvgIpc) is 3.75. The number of nitriles is 1. The highest BCUT2D eigenvalue weighted by molar-refractivity contribution is 14.2. The van der Waals surface area contributed by atoms with E-state index in [1.165, 1.54) is 21.0 Å². The number of fused-ring (bicyclic) bond motifs is 1. The van der Waals surface area contributed by atoms with Crippen LogP contribution >= 0.6 is 20.7 Å². The predicted molar refractivity (Wildman–Crippen MR) is 151 cm³/mol. The van der Waals surface area contributed by atoms with Crippen molar-refractivity contribution in [3.8, 4) is 6.07 Å². The van der Waals surface area contributed by atoms with E-state index in [1.54, 1.807) is 13.0 Å². The maximum atomic E-state index is 13.8. The Kier molecular flexibility index (Phi) is 7.84. The monoisotopic (exact) mass is 649 g/mol. The number of alkyl halides is 3. The molecule has 0 bridgehead atoms. The number of hydrogen-bond acceptors (Lipinski definition) is 5. The SMILES string of the molecule is Cc1cc2c(c(C3CC3)n1)=IC=C(C(=O)N[C@@H](C)c1ccc(C(F)(F)F)c(C#N)c1)C=2N1CCN[C@@H](C)CC1.